The van der Waals surface area contributed by atoms with Crippen molar-refractivity contribution in [3.63, 3.8) is 0 Å². The van der Waals surface area contributed by atoms with Crippen molar-refractivity contribution >= 4 is 39.9 Å². The second-order valence-corrected chi connectivity index (χ2v) is 9.44. The average molecular weight is 517 g/mol. The summed E-state index contributed by atoms with van der Waals surface area (Å²) in [6.07, 6.45) is 4.61. The Balaban J connectivity index is 1.24. The van der Waals surface area contributed by atoms with Crippen LogP contribution in [0.5, 0.6) is 11.5 Å². The van der Waals surface area contributed by atoms with Crippen molar-refractivity contribution in [2.24, 2.45) is 0 Å². The number of ether oxygens (including phenoxy) is 2. The van der Waals surface area contributed by atoms with Crippen molar-refractivity contribution in [1.82, 2.24) is 9.47 Å². The normalized spacial score (nSPS) is 14.6. The number of imide groups is 1. The molecule has 5 rings (SSSR count). The number of aromatic nitrogens is 1. The predicted molar refractivity (Wildman–Crippen MR) is 143 cm³/mol. The van der Waals surface area contributed by atoms with E-state index in [1.165, 1.54) is 29.2 Å². The number of hydrogen-bond donors (Lipinski definition) is 0. The molecule has 0 spiro atoms. The summed E-state index contributed by atoms with van der Waals surface area (Å²) in [4.78, 5) is 27.1. The maximum atomic E-state index is 13.1. The lowest BCUT2D eigenvalue weighted by atomic mass is 10.1. The number of nitrogens with zero attached hydrogens (tertiary/aromatic N) is 2. The second kappa shape index (κ2) is 11.3. The maximum Gasteiger partial charge on any atom is 0.293 e. The van der Waals surface area contributed by atoms with Gasteiger partial charge in [0.1, 0.15) is 23.9 Å². The Morgan fingerprint density at radius 1 is 0.811 bits per heavy atom. The van der Waals surface area contributed by atoms with Crippen molar-refractivity contribution in [1.29, 1.82) is 0 Å². The molecule has 0 aliphatic carbocycles. The van der Waals surface area contributed by atoms with Gasteiger partial charge in [0.05, 0.1) is 18.1 Å². The van der Waals surface area contributed by atoms with Crippen molar-refractivity contribution in [3.8, 4) is 11.5 Å². The van der Waals surface area contributed by atoms with Gasteiger partial charge in [-0.15, -0.1) is 0 Å². The van der Waals surface area contributed by atoms with E-state index < -0.39 is 0 Å². The molecule has 8 heteroatoms. The van der Waals surface area contributed by atoms with Crippen LogP contribution < -0.4 is 9.47 Å². The molecule has 0 radical (unpaired) electrons. The van der Waals surface area contributed by atoms with E-state index in [0.29, 0.717) is 17.3 Å². The molecule has 0 N–H and O–H groups in total. The fraction of sp³-hybridized carbons (Fsp3) is 0.172. The van der Waals surface area contributed by atoms with Gasteiger partial charge in [-0.1, -0.05) is 36.4 Å². The third-order valence-corrected chi connectivity index (χ3v) is 6.84. The standard InChI is InChI=1S/C29H25FN2O4S/c30-22-11-13-24(14-12-22)36-18-16-32-28(33)27(37-29(32)34)19-21-20-31(26-10-5-4-9-25(21)26)15-6-17-35-23-7-2-1-3-8-23/h1-5,7-14,19-20H,6,15-18H2/b27-19-. The summed E-state index contributed by atoms with van der Waals surface area (Å²) >= 11 is 0.926. The fourth-order valence-electron chi connectivity index (χ4n) is 4.14. The summed E-state index contributed by atoms with van der Waals surface area (Å²) in [5, 5.41) is 0.679. The molecule has 1 saturated heterocycles. The Kier molecular flexibility index (Phi) is 7.56. The van der Waals surface area contributed by atoms with Crippen LogP contribution in [0, 0.1) is 5.82 Å². The van der Waals surface area contributed by atoms with Gasteiger partial charge in [0.15, 0.2) is 0 Å². The molecule has 188 valence electrons. The summed E-state index contributed by atoms with van der Waals surface area (Å²) < 4.78 is 26.6. The molecule has 4 aromatic rings. The van der Waals surface area contributed by atoms with Crippen LogP contribution in [-0.2, 0) is 11.3 Å². The van der Waals surface area contributed by atoms with E-state index in [4.69, 9.17) is 9.47 Å². The summed E-state index contributed by atoms with van der Waals surface area (Å²) in [6.45, 7) is 1.58. The van der Waals surface area contributed by atoms with E-state index in [2.05, 4.69) is 4.57 Å². The quantitative estimate of drug-likeness (QED) is 0.181. The first-order valence-corrected chi connectivity index (χ1v) is 12.8. The number of halogens is 1. The molecule has 2 heterocycles. The molecule has 37 heavy (non-hydrogen) atoms. The van der Waals surface area contributed by atoms with Crippen LogP contribution in [0.1, 0.15) is 12.0 Å². The smallest absolute Gasteiger partial charge is 0.293 e. The van der Waals surface area contributed by atoms with Crippen LogP contribution in [0.3, 0.4) is 0 Å². The van der Waals surface area contributed by atoms with Crippen molar-refractivity contribution in [2.45, 2.75) is 13.0 Å². The number of rotatable bonds is 10. The first kappa shape index (κ1) is 24.6. The van der Waals surface area contributed by atoms with Crippen LogP contribution in [0.4, 0.5) is 9.18 Å². The second-order valence-electron chi connectivity index (χ2n) is 8.45. The van der Waals surface area contributed by atoms with E-state index in [0.717, 1.165) is 46.9 Å². The molecule has 1 aliphatic rings. The van der Waals surface area contributed by atoms with Gasteiger partial charge < -0.3 is 14.0 Å². The van der Waals surface area contributed by atoms with Gasteiger partial charge in [0.25, 0.3) is 11.1 Å². The van der Waals surface area contributed by atoms with Gasteiger partial charge in [0.2, 0.25) is 0 Å². The Labute approximate surface area is 218 Å². The summed E-state index contributed by atoms with van der Waals surface area (Å²) in [7, 11) is 0. The molecule has 6 nitrogen and oxygen atoms in total. The zero-order valence-corrected chi connectivity index (χ0v) is 20.8. The number of fused-ring (bicyclic) bond motifs is 1. The van der Waals surface area contributed by atoms with Crippen LogP contribution in [-0.4, -0.2) is 40.4 Å². The molecule has 0 unspecified atom stereocenters. The van der Waals surface area contributed by atoms with E-state index in [1.807, 2.05) is 60.8 Å². The topological polar surface area (TPSA) is 60.8 Å². The number of hydrogen-bond acceptors (Lipinski definition) is 5. The number of carbonyl (C=O) groups is 2. The molecule has 0 atom stereocenters. The van der Waals surface area contributed by atoms with Crippen LogP contribution in [0.15, 0.2) is 90.0 Å². The Morgan fingerprint density at radius 3 is 2.32 bits per heavy atom. The van der Waals surface area contributed by atoms with Gasteiger partial charge in [-0.05, 0) is 66.7 Å². The minimum atomic E-state index is -0.356. The number of benzene rings is 3. The molecule has 0 saturated carbocycles. The van der Waals surface area contributed by atoms with E-state index in [1.54, 1.807) is 6.08 Å². The van der Waals surface area contributed by atoms with E-state index in [9.17, 15) is 14.0 Å². The number of para-hydroxylation sites is 2. The summed E-state index contributed by atoms with van der Waals surface area (Å²) in [6, 6.07) is 23.3. The van der Waals surface area contributed by atoms with Crippen molar-refractivity contribution in [3.05, 3.63) is 101 Å². The highest BCUT2D eigenvalue weighted by molar-refractivity contribution is 8.18. The number of aryl methyl sites for hydroxylation is 1. The molecule has 2 amide bonds. The highest BCUT2D eigenvalue weighted by Crippen LogP contribution is 2.34. The maximum absolute atomic E-state index is 13.1. The highest BCUT2D eigenvalue weighted by Gasteiger charge is 2.35. The predicted octanol–water partition coefficient (Wildman–Crippen LogP) is 6.36. The van der Waals surface area contributed by atoms with Gasteiger partial charge in [0, 0.05) is 29.2 Å². The SMILES string of the molecule is O=C1S/C(=C\c2cn(CCCOc3ccccc3)c3ccccc23)C(=O)N1CCOc1ccc(F)cc1. The largest absolute Gasteiger partial charge is 0.494 e. The lowest BCUT2D eigenvalue weighted by Crippen LogP contribution is -2.32. The van der Waals surface area contributed by atoms with Gasteiger partial charge in [-0.3, -0.25) is 14.5 Å². The Morgan fingerprint density at radius 2 is 1.51 bits per heavy atom. The Bertz CT molecular complexity index is 1430. The van der Waals surface area contributed by atoms with Crippen molar-refractivity contribution in [2.75, 3.05) is 19.8 Å². The average Bonchev–Trinajstić information content (AvgIpc) is 3.40. The minimum absolute atomic E-state index is 0.114. The number of amides is 2. The minimum Gasteiger partial charge on any atom is -0.494 e. The lowest BCUT2D eigenvalue weighted by Gasteiger charge is -2.13. The molecule has 1 aromatic heterocycles. The monoisotopic (exact) mass is 516 g/mol. The molecule has 3 aromatic carbocycles. The van der Waals surface area contributed by atoms with Crippen LogP contribution in [0.2, 0.25) is 0 Å². The summed E-state index contributed by atoms with van der Waals surface area (Å²) in [5.41, 5.74) is 1.94. The first-order chi connectivity index (χ1) is 18.1. The lowest BCUT2D eigenvalue weighted by molar-refractivity contribution is -0.123. The van der Waals surface area contributed by atoms with Crippen molar-refractivity contribution < 1.29 is 23.5 Å². The van der Waals surface area contributed by atoms with Gasteiger partial charge in [-0.2, -0.15) is 0 Å². The number of thioether (sulfide) groups is 1. The first-order valence-electron chi connectivity index (χ1n) is 12.0. The number of carbonyl (C=O) groups excluding carboxylic acids is 2. The molecule has 1 fully saturated rings. The summed E-state index contributed by atoms with van der Waals surface area (Å²) in [5.74, 6) is 0.626. The zero-order valence-electron chi connectivity index (χ0n) is 20.0. The van der Waals surface area contributed by atoms with E-state index >= 15 is 0 Å². The molecule has 1 aliphatic heterocycles. The van der Waals surface area contributed by atoms with Crippen LogP contribution >= 0.6 is 11.8 Å². The van der Waals surface area contributed by atoms with Gasteiger partial charge in [-0.25, -0.2) is 4.39 Å². The third-order valence-electron chi connectivity index (χ3n) is 5.93. The fourth-order valence-corrected chi connectivity index (χ4v) is 4.99. The molecular weight excluding hydrogens is 491 g/mol. The molecular formula is C29H25FN2O4S. The van der Waals surface area contributed by atoms with E-state index in [-0.39, 0.29) is 30.1 Å². The third kappa shape index (κ3) is 5.86. The Hall–Kier alpha value is -4.04. The molecule has 0 bridgehead atoms. The van der Waals surface area contributed by atoms with Crippen LogP contribution in [0.25, 0.3) is 17.0 Å². The highest BCUT2D eigenvalue weighted by atomic mass is 32.2. The zero-order chi connectivity index (χ0) is 25.6. The van der Waals surface area contributed by atoms with Gasteiger partial charge >= 0.3 is 0 Å².